The molecular weight excluding hydrogens is 256 g/mol. The molecule has 20 heavy (non-hydrogen) atoms. The maximum atomic E-state index is 12.2. The van der Waals surface area contributed by atoms with E-state index in [1.54, 1.807) is 6.92 Å². The van der Waals surface area contributed by atoms with Gasteiger partial charge in [-0.2, -0.15) is 0 Å². The van der Waals surface area contributed by atoms with Crippen LogP contribution in [0.5, 0.6) is 0 Å². The number of carbonyl (C=O) groups excluding carboxylic acids is 2. The number of nitrogens with one attached hydrogen (secondary N) is 2. The van der Waals surface area contributed by atoms with E-state index in [-0.39, 0.29) is 18.3 Å². The summed E-state index contributed by atoms with van der Waals surface area (Å²) in [6.07, 6.45) is 2.14. The minimum atomic E-state index is -0.287. The lowest BCUT2D eigenvalue weighted by atomic mass is 9.97. The van der Waals surface area contributed by atoms with Crippen LogP contribution in [-0.2, 0) is 16.0 Å². The number of carbonyl (C=O) groups is 2. The fourth-order valence-electron chi connectivity index (χ4n) is 2.33. The molecule has 0 aliphatic carbocycles. The van der Waals surface area contributed by atoms with Crippen LogP contribution in [0.25, 0.3) is 0 Å². The zero-order valence-corrected chi connectivity index (χ0v) is 11.7. The van der Waals surface area contributed by atoms with Crippen molar-refractivity contribution in [3.8, 4) is 0 Å². The van der Waals surface area contributed by atoms with Gasteiger partial charge in [-0.15, -0.1) is 0 Å². The minimum Gasteiger partial charge on any atom is -0.466 e. The van der Waals surface area contributed by atoms with Crippen molar-refractivity contribution in [2.24, 2.45) is 0 Å². The Bertz CT molecular complexity index is 500. The van der Waals surface area contributed by atoms with Crippen LogP contribution in [0.3, 0.4) is 0 Å². The van der Waals surface area contributed by atoms with Gasteiger partial charge in [-0.25, -0.2) is 0 Å². The first-order valence-corrected chi connectivity index (χ1v) is 7.02. The monoisotopic (exact) mass is 276 g/mol. The Hall–Kier alpha value is -2.04. The molecule has 0 radical (unpaired) electrons. The normalized spacial score (nSPS) is 13.1. The highest BCUT2D eigenvalue weighted by Crippen LogP contribution is 2.25. The maximum Gasteiger partial charge on any atom is 0.307 e. The Kier molecular flexibility index (Phi) is 4.98. The first-order valence-electron chi connectivity index (χ1n) is 7.02. The third-order valence-corrected chi connectivity index (χ3v) is 3.26. The second kappa shape index (κ2) is 6.93. The van der Waals surface area contributed by atoms with Gasteiger partial charge in [0.1, 0.15) is 0 Å². The van der Waals surface area contributed by atoms with E-state index in [1.807, 2.05) is 18.2 Å². The molecule has 108 valence electrons. The van der Waals surface area contributed by atoms with Gasteiger partial charge >= 0.3 is 5.97 Å². The molecule has 2 rings (SSSR count). The van der Waals surface area contributed by atoms with Crippen LogP contribution < -0.4 is 10.6 Å². The molecule has 0 unspecified atom stereocenters. The van der Waals surface area contributed by atoms with Gasteiger partial charge in [0.25, 0.3) is 5.91 Å². The van der Waals surface area contributed by atoms with Gasteiger partial charge in [0.05, 0.1) is 13.0 Å². The second-order valence-electron chi connectivity index (χ2n) is 4.67. The van der Waals surface area contributed by atoms with Crippen LogP contribution in [0.1, 0.15) is 35.7 Å². The number of esters is 1. The van der Waals surface area contributed by atoms with Crippen molar-refractivity contribution in [2.75, 3.05) is 25.0 Å². The predicted octanol–water partition coefficient (Wildman–Crippen LogP) is 1.73. The SMILES string of the molecule is CCOC(=O)CCNC(=O)c1cccc2c1CCCN2. The average Bonchev–Trinajstić information content (AvgIpc) is 2.47. The van der Waals surface area contributed by atoms with Crippen molar-refractivity contribution >= 4 is 17.6 Å². The smallest absolute Gasteiger partial charge is 0.307 e. The van der Waals surface area contributed by atoms with E-state index >= 15 is 0 Å². The first kappa shape index (κ1) is 14.4. The lowest BCUT2D eigenvalue weighted by molar-refractivity contribution is -0.142. The number of amides is 1. The van der Waals surface area contributed by atoms with Gasteiger partial charge in [0, 0.05) is 24.3 Å². The van der Waals surface area contributed by atoms with Crippen molar-refractivity contribution in [3.63, 3.8) is 0 Å². The summed E-state index contributed by atoms with van der Waals surface area (Å²) in [5.41, 5.74) is 2.79. The molecule has 1 aromatic carbocycles. The summed E-state index contributed by atoms with van der Waals surface area (Å²) in [7, 11) is 0. The van der Waals surface area contributed by atoms with Crippen LogP contribution in [-0.4, -0.2) is 31.6 Å². The minimum absolute atomic E-state index is 0.130. The summed E-state index contributed by atoms with van der Waals surface area (Å²) in [5.74, 6) is -0.417. The summed E-state index contributed by atoms with van der Waals surface area (Å²) >= 11 is 0. The molecule has 5 heteroatoms. The van der Waals surface area contributed by atoms with Crippen molar-refractivity contribution < 1.29 is 14.3 Å². The molecule has 1 heterocycles. The lowest BCUT2D eigenvalue weighted by Crippen LogP contribution is -2.28. The van der Waals surface area contributed by atoms with Gasteiger partial charge < -0.3 is 15.4 Å². The molecule has 0 bridgehead atoms. The Labute approximate surface area is 118 Å². The summed E-state index contributed by atoms with van der Waals surface area (Å²) in [4.78, 5) is 23.4. The van der Waals surface area contributed by atoms with E-state index in [9.17, 15) is 9.59 Å². The van der Waals surface area contributed by atoms with Gasteiger partial charge in [0.15, 0.2) is 0 Å². The van der Waals surface area contributed by atoms with Crippen LogP contribution in [0.2, 0.25) is 0 Å². The zero-order valence-electron chi connectivity index (χ0n) is 11.7. The number of anilines is 1. The molecule has 0 spiro atoms. The molecule has 1 amide bonds. The van der Waals surface area contributed by atoms with Crippen LogP contribution >= 0.6 is 0 Å². The summed E-state index contributed by atoms with van der Waals surface area (Å²) in [6, 6.07) is 5.69. The van der Waals surface area contributed by atoms with E-state index in [1.165, 1.54) is 0 Å². The highest BCUT2D eigenvalue weighted by atomic mass is 16.5. The van der Waals surface area contributed by atoms with E-state index in [4.69, 9.17) is 4.74 Å². The predicted molar refractivity (Wildman–Crippen MR) is 76.8 cm³/mol. The number of rotatable bonds is 5. The zero-order chi connectivity index (χ0) is 14.4. The first-order chi connectivity index (χ1) is 9.72. The average molecular weight is 276 g/mol. The van der Waals surface area contributed by atoms with Crippen molar-refractivity contribution in [1.82, 2.24) is 5.32 Å². The molecule has 1 aliphatic heterocycles. The maximum absolute atomic E-state index is 12.2. The van der Waals surface area contributed by atoms with E-state index in [2.05, 4.69) is 10.6 Å². The summed E-state index contributed by atoms with van der Waals surface area (Å²) in [6.45, 7) is 3.38. The van der Waals surface area contributed by atoms with Crippen LogP contribution in [0.4, 0.5) is 5.69 Å². The van der Waals surface area contributed by atoms with Crippen LogP contribution in [0.15, 0.2) is 18.2 Å². The molecular formula is C15H20N2O3. The fourth-order valence-corrected chi connectivity index (χ4v) is 2.33. The second-order valence-corrected chi connectivity index (χ2v) is 4.67. The molecule has 1 aliphatic rings. The molecule has 0 saturated heterocycles. The number of hydrogen-bond donors (Lipinski definition) is 2. The Morgan fingerprint density at radius 2 is 2.25 bits per heavy atom. The molecule has 0 fully saturated rings. The van der Waals surface area contributed by atoms with Crippen molar-refractivity contribution in [1.29, 1.82) is 0 Å². The van der Waals surface area contributed by atoms with Crippen LogP contribution in [0, 0.1) is 0 Å². The van der Waals surface area contributed by atoms with E-state index < -0.39 is 0 Å². The standard InChI is InChI=1S/C15H20N2O3/c1-2-20-14(18)8-10-17-15(19)12-5-3-7-13-11(12)6-4-9-16-13/h3,5,7,16H,2,4,6,8-10H2,1H3,(H,17,19). The Morgan fingerprint density at radius 3 is 3.05 bits per heavy atom. The van der Waals surface area contributed by atoms with E-state index in [0.717, 1.165) is 30.6 Å². The number of fused-ring (bicyclic) bond motifs is 1. The summed E-state index contributed by atoms with van der Waals surface area (Å²) in [5, 5.41) is 6.07. The highest BCUT2D eigenvalue weighted by molar-refractivity contribution is 5.97. The molecule has 0 aromatic heterocycles. The Balaban J connectivity index is 1.94. The van der Waals surface area contributed by atoms with Gasteiger partial charge in [-0.3, -0.25) is 9.59 Å². The van der Waals surface area contributed by atoms with E-state index in [0.29, 0.717) is 18.7 Å². The third kappa shape index (κ3) is 3.50. The van der Waals surface area contributed by atoms with Gasteiger partial charge in [0.2, 0.25) is 0 Å². The molecule has 0 atom stereocenters. The molecule has 2 N–H and O–H groups in total. The third-order valence-electron chi connectivity index (χ3n) is 3.26. The molecule has 5 nitrogen and oxygen atoms in total. The topological polar surface area (TPSA) is 67.4 Å². The van der Waals surface area contributed by atoms with Gasteiger partial charge in [-0.05, 0) is 37.5 Å². The van der Waals surface area contributed by atoms with Gasteiger partial charge in [-0.1, -0.05) is 6.07 Å². The number of ether oxygens (including phenoxy) is 1. The summed E-state index contributed by atoms with van der Waals surface area (Å²) < 4.78 is 4.82. The Morgan fingerprint density at radius 1 is 1.40 bits per heavy atom. The lowest BCUT2D eigenvalue weighted by Gasteiger charge is -2.20. The number of hydrogen-bond acceptors (Lipinski definition) is 4. The van der Waals surface area contributed by atoms with Crippen molar-refractivity contribution in [2.45, 2.75) is 26.2 Å². The molecule has 0 saturated carbocycles. The quantitative estimate of drug-likeness (QED) is 0.804. The number of benzene rings is 1. The largest absolute Gasteiger partial charge is 0.466 e. The highest BCUT2D eigenvalue weighted by Gasteiger charge is 2.17. The van der Waals surface area contributed by atoms with Crippen molar-refractivity contribution in [3.05, 3.63) is 29.3 Å². The molecule has 1 aromatic rings. The fraction of sp³-hybridized carbons (Fsp3) is 0.467.